The third-order valence-corrected chi connectivity index (χ3v) is 3.36. The Labute approximate surface area is 120 Å². The zero-order chi connectivity index (χ0) is 14.5. The predicted octanol–water partition coefficient (Wildman–Crippen LogP) is 3.31. The number of aryl methyl sites for hydroxylation is 1. The van der Waals surface area contributed by atoms with Gasteiger partial charge in [0, 0.05) is 30.3 Å². The van der Waals surface area contributed by atoms with Crippen molar-refractivity contribution in [3.63, 3.8) is 0 Å². The van der Waals surface area contributed by atoms with Gasteiger partial charge in [0.05, 0.1) is 19.1 Å². The van der Waals surface area contributed by atoms with Crippen LogP contribution in [0.4, 0.5) is 0 Å². The first-order valence-corrected chi connectivity index (χ1v) is 7.06. The molecule has 0 aliphatic rings. The molecule has 2 aromatic rings. The minimum absolute atomic E-state index is 0.458. The molecule has 1 N–H and O–H groups in total. The second-order valence-corrected chi connectivity index (χ2v) is 5.58. The van der Waals surface area contributed by atoms with Crippen LogP contribution < -0.4 is 5.32 Å². The summed E-state index contributed by atoms with van der Waals surface area (Å²) in [4.78, 5) is 2.27. The Kier molecular flexibility index (Phi) is 5.04. The molecule has 0 saturated heterocycles. The highest BCUT2D eigenvalue weighted by Crippen LogP contribution is 2.16. The number of hydrogen-bond donors (Lipinski definition) is 1. The summed E-state index contributed by atoms with van der Waals surface area (Å²) in [5.41, 5.74) is 2.47. The van der Waals surface area contributed by atoms with Gasteiger partial charge in [-0.05, 0) is 26.1 Å². The highest BCUT2D eigenvalue weighted by molar-refractivity contribution is 5.18. The molecule has 0 saturated carbocycles. The molecular formula is C16H24N2O2. The monoisotopic (exact) mass is 276 g/mol. The summed E-state index contributed by atoms with van der Waals surface area (Å²) in [6.07, 6.45) is 3.51. The maximum atomic E-state index is 5.57. The highest BCUT2D eigenvalue weighted by Gasteiger charge is 2.11. The van der Waals surface area contributed by atoms with E-state index in [1.165, 1.54) is 11.1 Å². The second kappa shape index (κ2) is 6.77. The number of rotatable bonds is 7. The van der Waals surface area contributed by atoms with Crippen molar-refractivity contribution in [2.45, 2.75) is 46.4 Å². The molecule has 0 fully saturated rings. The van der Waals surface area contributed by atoms with Gasteiger partial charge < -0.3 is 14.2 Å². The molecule has 2 rings (SSSR count). The molecule has 0 aromatic carbocycles. The van der Waals surface area contributed by atoms with Crippen LogP contribution in [0.25, 0.3) is 0 Å². The maximum Gasteiger partial charge on any atom is 0.122 e. The van der Waals surface area contributed by atoms with E-state index in [2.05, 4.69) is 37.2 Å². The van der Waals surface area contributed by atoms with Crippen LogP contribution in [0, 0.1) is 6.92 Å². The molecule has 0 spiro atoms. The molecule has 110 valence electrons. The quantitative estimate of drug-likeness (QED) is 0.842. The van der Waals surface area contributed by atoms with Gasteiger partial charge >= 0.3 is 0 Å². The van der Waals surface area contributed by atoms with Crippen molar-refractivity contribution < 1.29 is 8.83 Å². The van der Waals surface area contributed by atoms with E-state index < -0.39 is 0 Å². The maximum absolute atomic E-state index is 5.57. The fourth-order valence-corrected chi connectivity index (χ4v) is 2.17. The fourth-order valence-electron chi connectivity index (χ4n) is 2.17. The molecule has 0 unspecified atom stereocenters. The van der Waals surface area contributed by atoms with Gasteiger partial charge in [-0.2, -0.15) is 0 Å². The smallest absolute Gasteiger partial charge is 0.122 e. The summed E-state index contributed by atoms with van der Waals surface area (Å²) in [5.74, 6) is 2.01. The molecule has 4 nitrogen and oxygen atoms in total. The molecule has 0 radical (unpaired) electrons. The fraction of sp³-hybridized carbons (Fsp3) is 0.500. The summed E-state index contributed by atoms with van der Waals surface area (Å²) < 4.78 is 10.9. The Morgan fingerprint density at radius 3 is 2.40 bits per heavy atom. The molecule has 20 heavy (non-hydrogen) atoms. The average Bonchev–Trinajstić information content (AvgIpc) is 2.97. The van der Waals surface area contributed by atoms with E-state index in [4.69, 9.17) is 8.83 Å². The molecule has 0 aliphatic carbocycles. The lowest BCUT2D eigenvalue weighted by Gasteiger charge is -2.16. The van der Waals surface area contributed by atoms with Gasteiger partial charge in [-0.15, -0.1) is 0 Å². The lowest BCUT2D eigenvalue weighted by molar-refractivity contribution is 0.312. The predicted molar refractivity (Wildman–Crippen MR) is 79.3 cm³/mol. The van der Waals surface area contributed by atoms with E-state index in [0.29, 0.717) is 6.04 Å². The first kappa shape index (κ1) is 14.9. The SMILES string of the molecule is Cc1occc1CN(C)Cc1ccoc1CNC(C)C. The molecule has 0 bridgehead atoms. The highest BCUT2D eigenvalue weighted by atomic mass is 16.3. The van der Waals surface area contributed by atoms with Crippen molar-refractivity contribution in [2.75, 3.05) is 7.05 Å². The van der Waals surface area contributed by atoms with Crippen LogP contribution >= 0.6 is 0 Å². The van der Waals surface area contributed by atoms with Gasteiger partial charge in [0.1, 0.15) is 11.5 Å². The topological polar surface area (TPSA) is 41.6 Å². The molecule has 0 atom stereocenters. The number of furan rings is 2. The number of hydrogen-bond acceptors (Lipinski definition) is 4. The van der Waals surface area contributed by atoms with E-state index in [1.54, 1.807) is 12.5 Å². The zero-order valence-corrected chi connectivity index (χ0v) is 12.8. The van der Waals surface area contributed by atoms with Crippen molar-refractivity contribution in [1.29, 1.82) is 0 Å². The summed E-state index contributed by atoms with van der Waals surface area (Å²) in [5, 5.41) is 3.39. The number of nitrogens with one attached hydrogen (secondary N) is 1. The Morgan fingerprint density at radius 1 is 1.10 bits per heavy atom. The standard InChI is InChI=1S/C16H24N2O2/c1-12(2)17-9-16-15(6-8-20-16)11-18(4)10-14-5-7-19-13(14)3/h5-8,12,17H,9-11H2,1-4H3. The summed E-state index contributed by atoms with van der Waals surface area (Å²) in [6, 6.07) is 4.54. The Bertz CT molecular complexity index is 528. The van der Waals surface area contributed by atoms with E-state index in [0.717, 1.165) is 31.2 Å². The van der Waals surface area contributed by atoms with Gasteiger partial charge in [0.2, 0.25) is 0 Å². The molecule has 2 aromatic heterocycles. The van der Waals surface area contributed by atoms with Crippen molar-refractivity contribution in [2.24, 2.45) is 0 Å². The molecule has 4 heteroatoms. The minimum atomic E-state index is 0.458. The third kappa shape index (κ3) is 3.99. The van der Waals surface area contributed by atoms with Crippen molar-refractivity contribution >= 4 is 0 Å². The van der Waals surface area contributed by atoms with Crippen molar-refractivity contribution in [3.8, 4) is 0 Å². The summed E-state index contributed by atoms with van der Waals surface area (Å²) >= 11 is 0. The van der Waals surface area contributed by atoms with E-state index in [1.807, 2.05) is 13.0 Å². The van der Waals surface area contributed by atoms with Crippen LogP contribution in [0.15, 0.2) is 33.5 Å². The molecule has 2 heterocycles. The first-order valence-electron chi connectivity index (χ1n) is 7.06. The van der Waals surface area contributed by atoms with Crippen LogP contribution in [0.3, 0.4) is 0 Å². The summed E-state index contributed by atoms with van der Waals surface area (Å²) in [7, 11) is 2.11. The van der Waals surface area contributed by atoms with E-state index in [-0.39, 0.29) is 0 Å². The van der Waals surface area contributed by atoms with Gasteiger partial charge in [0.15, 0.2) is 0 Å². The van der Waals surface area contributed by atoms with Gasteiger partial charge in [0.25, 0.3) is 0 Å². The van der Waals surface area contributed by atoms with Gasteiger partial charge in [-0.25, -0.2) is 0 Å². The lowest BCUT2D eigenvalue weighted by atomic mass is 10.2. The molecule has 0 aliphatic heterocycles. The van der Waals surface area contributed by atoms with Gasteiger partial charge in [-0.1, -0.05) is 13.8 Å². The average molecular weight is 276 g/mol. The number of nitrogens with zero attached hydrogens (tertiary/aromatic N) is 1. The van der Waals surface area contributed by atoms with E-state index >= 15 is 0 Å². The first-order chi connectivity index (χ1) is 9.56. The van der Waals surface area contributed by atoms with Crippen LogP contribution in [-0.2, 0) is 19.6 Å². The molecule has 0 amide bonds. The third-order valence-electron chi connectivity index (χ3n) is 3.36. The lowest BCUT2D eigenvalue weighted by Crippen LogP contribution is -2.23. The minimum Gasteiger partial charge on any atom is -0.469 e. The van der Waals surface area contributed by atoms with Crippen LogP contribution in [0.2, 0.25) is 0 Å². The second-order valence-electron chi connectivity index (χ2n) is 5.58. The molecular weight excluding hydrogens is 252 g/mol. The van der Waals surface area contributed by atoms with E-state index in [9.17, 15) is 0 Å². The Balaban J connectivity index is 1.92. The van der Waals surface area contributed by atoms with Crippen LogP contribution in [-0.4, -0.2) is 18.0 Å². The summed E-state index contributed by atoms with van der Waals surface area (Å²) in [6.45, 7) is 8.80. The largest absolute Gasteiger partial charge is 0.469 e. The zero-order valence-electron chi connectivity index (χ0n) is 12.8. The van der Waals surface area contributed by atoms with Crippen LogP contribution in [0.1, 0.15) is 36.5 Å². The normalized spacial score (nSPS) is 11.7. The Morgan fingerprint density at radius 2 is 1.75 bits per heavy atom. The Hall–Kier alpha value is -1.52. The van der Waals surface area contributed by atoms with Crippen molar-refractivity contribution in [3.05, 3.63) is 47.3 Å². The van der Waals surface area contributed by atoms with Crippen LogP contribution in [0.5, 0.6) is 0 Å². The van der Waals surface area contributed by atoms with Gasteiger partial charge in [-0.3, -0.25) is 4.90 Å². The van der Waals surface area contributed by atoms with Crippen molar-refractivity contribution in [1.82, 2.24) is 10.2 Å².